The summed E-state index contributed by atoms with van der Waals surface area (Å²) in [5.41, 5.74) is -0.0392. The molecular weight excluding hydrogens is 204 g/mol. The largest absolute Gasteiger partial charge is 0.507 e. The predicted molar refractivity (Wildman–Crippen MR) is 52.4 cm³/mol. The van der Waals surface area contributed by atoms with Crippen molar-refractivity contribution >= 4 is 24.6 Å². The van der Waals surface area contributed by atoms with Gasteiger partial charge in [0.15, 0.2) is 0 Å². The van der Waals surface area contributed by atoms with Crippen molar-refractivity contribution in [2.24, 2.45) is 0 Å². The Morgan fingerprint density at radius 1 is 1.36 bits per heavy atom. The van der Waals surface area contributed by atoms with Crippen LogP contribution >= 0.6 is 12.6 Å². The average Bonchev–Trinajstić information content (AvgIpc) is 2.18. The van der Waals surface area contributed by atoms with Gasteiger partial charge in [0.25, 0.3) is 0 Å². The van der Waals surface area contributed by atoms with Gasteiger partial charge in [-0.15, -0.1) is 0 Å². The first-order valence-electron chi connectivity index (χ1n) is 3.79. The number of phenols is 1. The smallest absolute Gasteiger partial charge is 0.349 e. The molecule has 0 aromatic heterocycles. The highest BCUT2D eigenvalue weighted by Crippen LogP contribution is 2.16. The zero-order valence-electron chi connectivity index (χ0n) is 7.14. The van der Waals surface area contributed by atoms with Crippen LogP contribution in [0, 0.1) is 0 Å². The summed E-state index contributed by atoms with van der Waals surface area (Å²) < 4.78 is 4.35. The molecule has 0 heterocycles. The number of hydrogen-bond donors (Lipinski definition) is 2. The minimum atomic E-state index is -0.873. The summed E-state index contributed by atoms with van der Waals surface area (Å²) in [6, 6.07) is 5.82. The predicted octanol–water partition coefficient (Wildman–Crippen LogP) is 1.01. The average molecular weight is 212 g/mol. The third-order valence-corrected chi connectivity index (χ3v) is 1.72. The number of aromatic hydroxyl groups is 1. The first-order valence-corrected chi connectivity index (χ1v) is 4.42. The molecule has 0 aliphatic heterocycles. The molecule has 0 amide bonds. The zero-order chi connectivity index (χ0) is 10.6. The van der Waals surface area contributed by atoms with E-state index in [1.54, 1.807) is 12.1 Å². The number of ether oxygens (including phenoxy) is 1. The number of para-hydroxylation sites is 1. The van der Waals surface area contributed by atoms with Gasteiger partial charge < -0.3 is 9.84 Å². The first-order chi connectivity index (χ1) is 6.65. The lowest BCUT2D eigenvalue weighted by Gasteiger charge is -2.02. The molecule has 1 aromatic carbocycles. The van der Waals surface area contributed by atoms with Crippen molar-refractivity contribution in [3.63, 3.8) is 0 Å². The molecular formula is C9H8O4S. The summed E-state index contributed by atoms with van der Waals surface area (Å²) in [6.45, 7) is 0. The number of carbonyl (C=O) groups excluding carboxylic acids is 2. The molecule has 1 N–H and O–H groups in total. The Balaban J connectivity index is 2.80. The number of carbonyl (C=O) groups is 2. The van der Waals surface area contributed by atoms with E-state index in [1.165, 1.54) is 12.1 Å². The van der Waals surface area contributed by atoms with Crippen LogP contribution in [0.2, 0.25) is 0 Å². The van der Waals surface area contributed by atoms with Gasteiger partial charge in [-0.25, -0.2) is 4.79 Å². The van der Waals surface area contributed by atoms with Gasteiger partial charge in [0, 0.05) is 0 Å². The number of phenolic OH excluding ortho intramolecular Hbond substituents is 1. The standard InChI is InChI=1S/C9H8O4S/c10-7-4-2-1-3-6(7)9(12)13-8(11)5-14/h1-4,10,14H,5H2. The highest BCUT2D eigenvalue weighted by Gasteiger charge is 2.14. The molecule has 0 spiro atoms. The van der Waals surface area contributed by atoms with Crippen LogP contribution in [0.5, 0.6) is 5.75 Å². The summed E-state index contributed by atoms with van der Waals surface area (Å²) in [7, 11) is 0. The maximum atomic E-state index is 11.2. The molecule has 0 aliphatic rings. The molecule has 0 aliphatic carbocycles. The summed E-state index contributed by atoms with van der Waals surface area (Å²) in [5.74, 6) is -2.02. The second-order valence-corrected chi connectivity index (χ2v) is 2.75. The molecule has 5 heteroatoms. The summed E-state index contributed by atoms with van der Waals surface area (Å²) in [4.78, 5) is 21.9. The van der Waals surface area contributed by atoms with Crippen LogP contribution in [0.25, 0.3) is 0 Å². The van der Waals surface area contributed by atoms with Gasteiger partial charge in [0.05, 0.1) is 5.75 Å². The molecule has 0 unspecified atom stereocenters. The van der Waals surface area contributed by atoms with E-state index in [4.69, 9.17) is 0 Å². The highest BCUT2D eigenvalue weighted by molar-refractivity contribution is 7.81. The lowest BCUT2D eigenvalue weighted by Crippen LogP contribution is -2.13. The molecule has 0 radical (unpaired) electrons. The van der Waals surface area contributed by atoms with Gasteiger partial charge >= 0.3 is 11.9 Å². The minimum Gasteiger partial charge on any atom is -0.507 e. The molecule has 0 fully saturated rings. The van der Waals surface area contributed by atoms with Gasteiger partial charge in [-0.2, -0.15) is 12.6 Å². The molecule has 0 atom stereocenters. The lowest BCUT2D eigenvalue weighted by molar-refractivity contribution is -0.134. The van der Waals surface area contributed by atoms with Crippen molar-refractivity contribution in [3.8, 4) is 5.75 Å². The normalized spacial score (nSPS) is 9.50. The summed E-state index contributed by atoms with van der Waals surface area (Å²) in [6.07, 6.45) is 0. The fourth-order valence-corrected chi connectivity index (χ4v) is 0.901. The Labute approximate surface area is 85.9 Å². The van der Waals surface area contributed by atoms with Crippen LogP contribution in [0.4, 0.5) is 0 Å². The maximum Gasteiger partial charge on any atom is 0.349 e. The number of esters is 2. The van der Waals surface area contributed by atoms with Gasteiger partial charge in [-0.1, -0.05) is 12.1 Å². The fraction of sp³-hybridized carbons (Fsp3) is 0.111. The minimum absolute atomic E-state index is 0.0392. The molecule has 14 heavy (non-hydrogen) atoms. The van der Waals surface area contributed by atoms with Crippen molar-refractivity contribution in [3.05, 3.63) is 29.8 Å². The van der Waals surface area contributed by atoms with E-state index < -0.39 is 11.9 Å². The lowest BCUT2D eigenvalue weighted by atomic mass is 10.2. The molecule has 0 saturated heterocycles. The van der Waals surface area contributed by atoms with Crippen molar-refractivity contribution in [2.45, 2.75) is 0 Å². The van der Waals surface area contributed by atoms with Crippen LogP contribution in [-0.4, -0.2) is 22.8 Å². The Morgan fingerprint density at radius 2 is 2.00 bits per heavy atom. The molecule has 4 nitrogen and oxygen atoms in total. The third kappa shape index (κ3) is 2.50. The number of hydrogen-bond acceptors (Lipinski definition) is 5. The van der Waals surface area contributed by atoms with Crippen LogP contribution in [0.1, 0.15) is 10.4 Å². The first kappa shape index (κ1) is 10.6. The topological polar surface area (TPSA) is 63.6 Å². The maximum absolute atomic E-state index is 11.2. The second kappa shape index (κ2) is 4.66. The molecule has 1 aromatic rings. The van der Waals surface area contributed by atoms with Crippen LogP contribution in [0.15, 0.2) is 24.3 Å². The van der Waals surface area contributed by atoms with E-state index in [0.717, 1.165) is 0 Å². The van der Waals surface area contributed by atoms with Crippen molar-refractivity contribution in [1.29, 1.82) is 0 Å². The second-order valence-electron chi connectivity index (χ2n) is 2.44. The molecule has 74 valence electrons. The van der Waals surface area contributed by atoms with E-state index in [2.05, 4.69) is 17.4 Å². The van der Waals surface area contributed by atoms with E-state index in [1.807, 2.05) is 0 Å². The van der Waals surface area contributed by atoms with Crippen LogP contribution < -0.4 is 0 Å². The number of benzene rings is 1. The van der Waals surface area contributed by atoms with Gasteiger partial charge in [0.2, 0.25) is 0 Å². The number of thiol groups is 1. The third-order valence-electron chi connectivity index (χ3n) is 1.46. The van der Waals surface area contributed by atoms with E-state index in [9.17, 15) is 14.7 Å². The van der Waals surface area contributed by atoms with Crippen molar-refractivity contribution in [2.75, 3.05) is 5.75 Å². The van der Waals surface area contributed by atoms with Crippen molar-refractivity contribution in [1.82, 2.24) is 0 Å². The fourth-order valence-electron chi connectivity index (χ4n) is 0.837. The molecule has 0 saturated carbocycles. The summed E-state index contributed by atoms with van der Waals surface area (Å²) >= 11 is 3.64. The van der Waals surface area contributed by atoms with Gasteiger partial charge in [0.1, 0.15) is 11.3 Å². The Bertz CT molecular complexity index is 362. The van der Waals surface area contributed by atoms with Gasteiger partial charge in [-0.05, 0) is 12.1 Å². The summed E-state index contributed by atoms with van der Waals surface area (Å²) in [5, 5.41) is 9.24. The van der Waals surface area contributed by atoms with Crippen molar-refractivity contribution < 1.29 is 19.4 Å². The zero-order valence-corrected chi connectivity index (χ0v) is 8.03. The monoisotopic (exact) mass is 212 g/mol. The molecule has 1 rings (SSSR count). The Hall–Kier alpha value is -1.49. The number of rotatable bonds is 2. The Kier molecular flexibility index (Phi) is 3.53. The van der Waals surface area contributed by atoms with E-state index in [0.29, 0.717) is 0 Å². The van der Waals surface area contributed by atoms with Crippen LogP contribution in [-0.2, 0) is 9.53 Å². The highest BCUT2D eigenvalue weighted by atomic mass is 32.1. The quantitative estimate of drug-likeness (QED) is 0.436. The molecule has 0 bridgehead atoms. The van der Waals surface area contributed by atoms with E-state index in [-0.39, 0.29) is 17.1 Å². The van der Waals surface area contributed by atoms with Crippen LogP contribution in [0.3, 0.4) is 0 Å². The SMILES string of the molecule is O=C(CS)OC(=O)c1ccccc1O. The van der Waals surface area contributed by atoms with Gasteiger partial charge in [-0.3, -0.25) is 4.79 Å². The van der Waals surface area contributed by atoms with E-state index >= 15 is 0 Å². The Morgan fingerprint density at radius 3 is 2.57 bits per heavy atom.